The number of benzene rings is 1. The number of aryl methyl sites for hydroxylation is 1. The van der Waals surface area contributed by atoms with E-state index < -0.39 is 0 Å². The van der Waals surface area contributed by atoms with E-state index in [0.29, 0.717) is 6.04 Å². The van der Waals surface area contributed by atoms with Gasteiger partial charge in [-0.15, -0.1) is 0 Å². The van der Waals surface area contributed by atoms with Crippen LogP contribution in [-0.4, -0.2) is 29.0 Å². The van der Waals surface area contributed by atoms with Crippen LogP contribution in [0.4, 0.5) is 5.82 Å². The molecule has 0 aliphatic carbocycles. The van der Waals surface area contributed by atoms with Crippen molar-refractivity contribution in [2.24, 2.45) is 0 Å². The standard InChI is InChI=1S/C18H22BrN3/c1-14-10-16(19)11-20-18(14)21-17-8-5-9-22(13-17)12-15-6-3-2-4-7-15/h2-4,6-7,10-11,17H,5,8-9,12-13H2,1H3,(H,20,21). The van der Waals surface area contributed by atoms with Crippen molar-refractivity contribution in [1.82, 2.24) is 9.88 Å². The molecular weight excluding hydrogens is 338 g/mol. The lowest BCUT2D eigenvalue weighted by Gasteiger charge is -2.33. The molecule has 116 valence electrons. The summed E-state index contributed by atoms with van der Waals surface area (Å²) in [4.78, 5) is 7.04. The fourth-order valence-corrected chi connectivity index (χ4v) is 3.49. The first-order valence-electron chi connectivity index (χ1n) is 7.85. The summed E-state index contributed by atoms with van der Waals surface area (Å²) in [6.07, 6.45) is 4.31. The Kier molecular flexibility index (Phi) is 5.11. The number of hydrogen-bond donors (Lipinski definition) is 1. The highest BCUT2D eigenvalue weighted by atomic mass is 79.9. The summed E-state index contributed by atoms with van der Waals surface area (Å²) in [6.45, 7) is 5.39. The largest absolute Gasteiger partial charge is 0.366 e. The predicted molar refractivity (Wildman–Crippen MR) is 95.0 cm³/mol. The summed E-state index contributed by atoms with van der Waals surface area (Å²) >= 11 is 3.47. The molecule has 1 aliphatic heterocycles. The fourth-order valence-electron chi connectivity index (χ4n) is 3.04. The first-order valence-corrected chi connectivity index (χ1v) is 8.65. The lowest BCUT2D eigenvalue weighted by molar-refractivity contribution is 0.208. The molecule has 4 heteroatoms. The summed E-state index contributed by atoms with van der Waals surface area (Å²) in [7, 11) is 0. The van der Waals surface area contributed by atoms with E-state index in [1.165, 1.54) is 30.5 Å². The normalized spacial score (nSPS) is 19.1. The van der Waals surface area contributed by atoms with Crippen molar-refractivity contribution in [2.45, 2.75) is 32.4 Å². The van der Waals surface area contributed by atoms with Gasteiger partial charge in [-0.05, 0) is 59.4 Å². The van der Waals surface area contributed by atoms with Gasteiger partial charge in [0.05, 0.1) is 0 Å². The highest BCUT2D eigenvalue weighted by Crippen LogP contribution is 2.21. The minimum absolute atomic E-state index is 0.477. The quantitative estimate of drug-likeness (QED) is 0.885. The molecule has 1 fully saturated rings. The lowest BCUT2D eigenvalue weighted by Crippen LogP contribution is -2.41. The number of anilines is 1. The van der Waals surface area contributed by atoms with Crippen molar-refractivity contribution in [2.75, 3.05) is 18.4 Å². The number of piperidine rings is 1. The molecule has 1 atom stereocenters. The van der Waals surface area contributed by atoms with Crippen molar-refractivity contribution < 1.29 is 0 Å². The Hall–Kier alpha value is -1.39. The highest BCUT2D eigenvalue weighted by Gasteiger charge is 2.20. The zero-order valence-electron chi connectivity index (χ0n) is 12.9. The van der Waals surface area contributed by atoms with Crippen LogP contribution in [0.1, 0.15) is 24.0 Å². The summed E-state index contributed by atoms with van der Waals surface area (Å²) in [5.74, 6) is 1.01. The predicted octanol–water partition coefficient (Wildman–Crippen LogP) is 4.23. The summed E-state index contributed by atoms with van der Waals surface area (Å²) in [6, 6.07) is 13.3. The van der Waals surface area contributed by atoms with Crippen molar-refractivity contribution in [3.8, 4) is 0 Å². The Labute approximate surface area is 140 Å². The van der Waals surface area contributed by atoms with E-state index in [1.54, 1.807) is 0 Å². The number of nitrogens with one attached hydrogen (secondary N) is 1. The van der Waals surface area contributed by atoms with Crippen LogP contribution < -0.4 is 5.32 Å². The number of aromatic nitrogens is 1. The van der Waals surface area contributed by atoms with Crippen LogP contribution in [0.15, 0.2) is 47.1 Å². The Morgan fingerprint density at radius 1 is 1.32 bits per heavy atom. The van der Waals surface area contributed by atoms with Crippen LogP contribution in [0.3, 0.4) is 0 Å². The monoisotopic (exact) mass is 359 g/mol. The lowest BCUT2D eigenvalue weighted by atomic mass is 10.0. The molecule has 22 heavy (non-hydrogen) atoms. The van der Waals surface area contributed by atoms with Gasteiger partial charge in [-0.2, -0.15) is 0 Å². The van der Waals surface area contributed by atoms with Gasteiger partial charge in [0.15, 0.2) is 0 Å². The van der Waals surface area contributed by atoms with Crippen molar-refractivity contribution in [3.05, 3.63) is 58.2 Å². The van der Waals surface area contributed by atoms with E-state index in [0.717, 1.165) is 23.4 Å². The minimum atomic E-state index is 0.477. The van der Waals surface area contributed by atoms with Gasteiger partial charge in [-0.3, -0.25) is 4.90 Å². The molecule has 2 aromatic rings. The molecule has 3 nitrogen and oxygen atoms in total. The SMILES string of the molecule is Cc1cc(Br)cnc1NC1CCCN(Cc2ccccc2)C1. The highest BCUT2D eigenvalue weighted by molar-refractivity contribution is 9.10. The third-order valence-corrected chi connectivity index (χ3v) is 4.57. The maximum Gasteiger partial charge on any atom is 0.129 e. The number of rotatable bonds is 4. The van der Waals surface area contributed by atoms with E-state index in [2.05, 4.69) is 74.5 Å². The van der Waals surface area contributed by atoms with E-state index >= 15 is 0 Å². The first kappa shape index (κ1) is 15.5. The van der Waals surface area contributed by atoms with E-state index in [1.807, 2.05) is 6.20 Å². The van der Waals surface area contributed by atoms with Gasteiger partial charge in [0.1, 0.15) is 5.82 Å². The van der Waals surface area contributed by atoms with Gasteiger partial charge in [-0.1, -0.05) is 30.3 Å². The third kappa shape index (κ3) is 4.08. The molecule has 0 spiro atoms. The van der Waals surface area contributed by atoms with Gasteiger partial charge in [0.2, 0.25) is 0 Å². The summed E-state index contributed by atoms with van der Waals surface area (Å²) < 4.78 is 1.03. The zero-order chi connectivity index (χ0) is 15.4. The maximum atomic E-state index is 4.50. The van der Waals surface area contributed by atoms with Gasteiger partial charge in [0, 0.05) is 29.8 Å². The van der Waals surface area contributed by atoms with E-state index in [-0.39, 0.29) is 0 Å². The number of hydrogen-bond acceptors (Lipinski definition) is 3. The van der Waals surface area contributed by atoms with Crippen LogP contribution in [-0.2, 0) is 6.54 Å². The average Bonchev–Trinajstić information content (AvgIpc) is 2.52. The number of likely N-dealkylation sites (tertiary alicyclic amines) is 1. The number of halogens is 1. The zero-order valence-corrected chi connectivity index (χ0v) is 14.5. The van der Waals surface area contributed by atoms with Gasteiger partial charge < -0.3 is 5.32 Å². The molecule has 1 unspecified atom stereocenters. The number of nitrogens with zero attached hydrogens (tertiary/aromatic N) is 2. The maximum absolute atomic E-state index is 4.50. The van der Waals surface area contributed by atoms with Crippen LogP contribution in [0, 0.1) is 6.92 Å². The second-order valence-electron chi connectivity index (χ2n) is 6.02. The fraction of sp³-hybridized carbons (Fsp3) is 0.389. The topological polar surface area (TPSA) is 28.2 Å². The minimum Gasteiger partial charge on any atom is -0.366 e. The third-order valence-electron chi connectivity index (χ3n) is 4.14. The Balaban J connectivity index is 1.61. The molecule has 0 bridgehead atoms. The average molecular weight is 360 g/mol. The molecule has 1 aromatic heterocycles. The number of pyridine rings is 1. The summed E-state index contributed by atoms with van der Waals surface area (Å²) in [5, 5.41) is 3.62. The molecule has 3 rings (SSSR count). The Morgan fingerprint density at radius 3 is 2.91 bits per heavy atom. The molecule has 1 aliphatic rings. The molecule has 0 amide bonds. The van der Waals surface area contributed by atoms with Gasteiger partial charge in [0.25, 0.3) is 0 Å². The Morgan fingerprint density at radius 2 is 2.14 bits per heavy atom. The molecular formula is C18H22BrN3. The molecule has 1 aromatic carbocycles. The second-order valence-corrected chi connectivity index (χ2v) is 6.94. The van der Waals surface area contributed by atoms with Crippen LogP contribution in [0.5, 0.6) is 0 Å². The first-order chi connectivity index (χ1) is 10.7. The molecule has 1 N–H and O–H groups in total. The van der Waals surface area contributed by atoms with Crippen LogP contribution >= 0.6 is 15.9 Å². The molecule has 0 radical (unpaired) electrons. The Bertz CT molecular complexity index is 615. The van der Waals surface area contributed by atoms with Crippen molar-refractivity contribution in [1.29, 1.82) is 0 Å². The molecule has 0 saturated carbocycles. The van der Waals surface area contributed by atoms with Crippen LogP contribution in [0.2, 0.25) is 0 Å². The second kappa shape index (κ2) is 7.25. The van der Waals surface area contributed by atoms with Crippen LogP contribution in [0.25, 0.3) is 0 Å². The van der Waals surface area contributed by atoms with E-state index in [4.69, 9.17) is 0 Å². The smallest absolute Gasteiger partial charge is 0.129 e. The van der Waals surface area contributed by atoms with E-state index in [9.17, 15) is 0 Å². The molecule has 2 heterocycles. The van der Waals surface area contributed by atoms with Crippen molar-refractivity contribution >= 4 is 21.7 Å². The molecule has 1 saturated heterocycles. The summed E-state index contributed by atoms with van der Waals surface area (Å²) in [5.41, 5.74) is 2.58. The van der Waals surface area contributed by atoms with Gasteiger partial charge >= 0.3 is 0 Å². The van der Waals surface area contributed by atoms with Gasteiger partial charge in [-0.25, -0.2) is 4.98 Å². The van der Waals surface area contributed by atoms with Crippen molar-refractivity contribution in [3.63, 3.8) is 0 Å².